The molecule has 0 saturated heterocycles. The number of nitrogens with two attached hydrogens (primary N) is 1. The van der Waals surface area contributed by atoms with Gasteiger partial charge < -0.3 is 5.73 Å². The number of anilines is 1. The van der Waals surface area contributed by atoms with Crippen LogP contribution in [0.15, 0.2) is 23.1 Å². The Labute approximate surface area is 116 Å². The van der Waals surface area contributed by atoms with Gasteiger partial charge in [-0.2, -0.15) is 9.57 Å². The van der Waals surface area contributed by atoms with E-state index in [9.17, 15) is 18.5 Å². The molecule has 0 bridgehead atoms. The highest BCUT2D eigenvalue weighted by Gasteiger charge is 2.24. The van der Waals surface area contributed by atoms with Crippen molar-refractivity contribution in [3.63, 3.8) is 0 Å². The second-order valence-corrected chi connectivity index (χ2v) is 5.82. The second-order valence-electron chi connectivity index (χ2n) is 3.88. The van der Waals surface area contributed by atoms with E-state index in [2.05, 4.69) is 0 Å². The van der Waals surface area contributed by atoms with Crippen molar-refractivity contribution < 1.29 is 13.3 Å². The molecule has 0 atom stereocenters. The first-order chi connectivity index (χ1) is 9.34. The van der Waals surface area contributed by atoms with Crippen LogP contribution in [0.3, 0.4) is 0 Å². The minimum absolute atomic E-state index is 0.0617. The van der Waals surface area contributed by atoms with Crippen LogP contribution in [0.25, 0.3) is 0 Å². The highest BCUT2D eigenvalue weighted by molar-refractivity contribution is 7.89. The van der Waals surface area contributed by atoms with Gasteiger partial charge in [-0.25, -0.2) is 8.42 Å². The number of sulfonamides is 1. The summed E-state index contributed by atoms with van der Waals surface area (Å²) in [6, 6.07) is 5.12. The maximum absolute atomic E-state index is 12.3. The standard InChI is InChI=1S/C11H14N4O4S/c1-2-14(7-3-6-12)20(18,19)9-4-5-11(15(16)17)10(13)8-9/h4-5,8H,2-3,7,13H2,1H3. The molecule has 1 aromatic carbocycles. The van der Waals surface area contributed by atoms with Gasteiger partial charge in [0.15, 0.2) is 0 Å². The van der Waals surface area contributed by atoms with Gasteiger partial charge in [-0.1, -0.05) is 6.92 Å². The molecule has 0 aliphatic rings. The normalized spacial score (nSPS) is 11.2. The zero-order valence-corrected chi connectivity index (χ0v) is 11.6. The summed E-state index contributed by atoms with van der Waals surface area (Å²) < 4.78 is 25.7. The molecule has 8 nitrogen and oxygen atoms in total. The smallest absolute Gasteiger partial charge is 0.292 e. The van der Waals surface area contributed by atoms with Crippen molar-refractivity contribution in [2.45, 2.75) is 18.2 Å². The van der Waals surface area contributed by atoms with E-state index in [1.807, 2.05) is 6.07 Å². The SMILES string of the molecule is CCN(CCC#N)S(=O)(=O)c1ccc([N+](=O)[O-])c(N)c1. The van der Waals surface area contributed by atoms with Crippen molar-refractivity contribution in [3.05, 3.63) is 28.3 Å². The van der Waals surface area contributed by atoms with Crippen molar-refractivity contribution in [1.82, 2.24) is 4.31 Å². The molecule has 2 N–H and O–H groups in total. The lowest BCUT2D eigenvalue weighted by atomic mass is 10.3. The van der Waals surface area contributed by atoms with Gasteiger partial charge in [-0.3, -0.25) is 10.1 Å². The molecule has 0 amide bonds. The molecule has 9 heteroatoms. The van der Waals surface area contributed by atoms with Crippen molar-refractivity contribution in [2.24, 2.45) is 0 Å². The molecule has 0 heterocycles. The molecule has 0 aromatic heterocycles. The number of benzene rings is 1. The fraction of sp³-hybridized carbons (Fsp3) is 0.364. The van der Waals surface area contributed by atoms with Gasteiger partial charge in [0.25, 0.3) is 5.69 Å². The molecule has 1 aromatic rings. The van der Waals surface area contributed by atoms with Gasteiger partial charge in [0.1, 0.15) is 5.69 Å². The summed E-state index contributed by atoms with van der Waals surface area (Å²) in [5, 5.41) is 19.2. The van der Waals surface area contributed by atoms with Crippen LogP contribution in [0.1, 0.15) is 13.3 Å². The van der Waals surface area contributed by atoms with Gasteiger partial charge in [0.2, 0.25) is 10.0 Å². The number of nitro groups is 1. The zero-order valence-electron chi connectivity index (χ0n) is 10.8. The lowest BCUT2D eigenvalue weighted by molar-refractivity contribution is -0.383. The van der Waals surface area contributed by atoms with Gasteiger partial charge >= 0.3 is 0 Å². The molecular weight excluding hydrogens is 284 g/mol. The van der Waals surface area contributed by atoms with Crippen LogP contribution in [-0.2, 0) is 10.0 Å². The number of rotatable bonds is 6. The average molecular weight is 298 g/mol. The summed E-state index contributed by atoms with van der Waals surface area (Å²) in [5.41, 5.74) is 4.92. The largest absolute Gasteiger partial charge is 0.393 e. The van der Waals surface area contributed by atoms with E-state index in [0.29, 0.717) is 0 Å². The number of hydrogen-bond donors (Lipinski definition) is 1. The Morgan fingerprint density at radius 3 is 2.60 bits per heavy atom. The van der Waals surface area contributed by atoms with Crippen molar-refractivity contribution >= 4 is 21.4 Å². The Bertz CT molecular complexity index is 651. The van der Waals surface area contributed by atoms with E-state index >= 15 is 0 Å². The summed E-state index contributed by atoms with van der Waals surface area (Å²) in [6.45, 7) is 1.90. The molecule has 0 saturated carbocycles. The van der Waals surface area contributed by atoms with E-state index in [-0.39, 0.29) is 35.8 Å². The van der Waals surface area contributed by atoms with Crippen LogP contribution in [0.5, 0.6) is 0 Å². The van der Waals surface area contributed by atoms with E-state index in [4.69, 9.17) is 11.0 Å². The van der Waals surface area contributed by atoms with E-state index < -0.39 is 14.9 Å². The molecule has 0 aliphatic carbocycles. The number of nitriles is 1. The molecule has 0 spiro atoms. The molecule has 0 aliphatic heterocycles. The Morgan fingerprint density at radius 1 is 1.50 bits per heavy atom. The van der Waals surface area contributed by atoms with Crippen LogP contribution in [-0.4, -0.2) is 30.7 Å². The molecule has 108 valence electrons. The monoisotopic (exact) mass is 298 g/mol. The lowest BCUT2D eigenvalue weighted by Crippen LogP contribution is -2.31. The average Bonchev–Trinajstić information content (AvgIpc) is 2.38. The summed E-state index contributed by atoms with van der Waals surface area (Å²) in [7, 11) is -3.81. The zero-order chi connectivity index (χ0) is 15.3. The molecule has 0 radical (unpaired) electrons. The van der Waals surface area contributed by atoms with Crippen molar-refractivity contribution in [2.75, 3.05) is 18.8 Å². The van der Waals surface area contributed by atoms with Crippen LogP contribution in [0.2, 0.25) is 0 Å². The Hall–Kier alpha value is -2.18. The predicted octanol–water partition coefficient (Wildman–Crippen LogP) is 1.10. The lowest BCUT2D eigenvalue weighted by Gasteiger charge is -2.19. The molecule has 0 fully saturated rings. The van der Waals surface area contributed by atoms with Crippen molar-refractivity contribution in [1.29, 1.82) is 5.26 Å². The highest BCUT2D eigenvalue weighted by atomic mass is 32.2. The van der Waals surface area contributed by atoms with Gasteiger partial charge in [-0.05, 0) is 12.1 Å². The minimum atomic E-state index is -3.81. The first-order valence-corrected chi connectivity index (χ1v) is 7.19. The predicted molar refractivity (Wildman–Crippen MR) is 72.2 cm³/mol. The van der Waals surface area contributed by atoms with Crippen LogP contribution in [0, 0.1) is 21.4 Å². The van der Waals surface area contributed by atoms with Crippen molar-refractivity contribution in [3.8, 4) is 6.07 Å². The second kappa shape index (κ2) is 6.31. The number of nitro benzene ring substituents is 1. The van der Waals surface area contributed by atoms with Gasteiger partial charge in [0, 0.05) is 25.6 Å². The first-order valence-electron chi connectivity index (χ1n) is 5.75. The van der Waals surface area contributed by atoms with E-state index in [0.717, 1.165) is 22.5 Å². The third-order valence-electron chi connectivity index (χ3n) is 2.66. The first kappa shape index (κ1) is 15.9. The summed E-state index contributed by atoms with van der Waals surface area (Å²) >= 11 is 0. The number of hydrogen-bond acceptors (Lipinski definition) is 6. The maximum atomic E-state index is 12.3. The maximum Gasteiger partial charge on any atom is 0.292 e. The van der Waals surface area contributed by atoms with Crippen LogP contribution in [0.4, 0.5) is 11.4 Å². The summed E-state index contributed by atoms with van der Waals surface area (Å²) in [4.78, 5) is 9.84. The summed E-state index contributed by atoms with van der Waals surface area (Å²) in [6.07, 6.45) is 0.0650. The fourth-order valence-electron chi connectivity index (χ4n) is 1.63. The van der Waals surface area contributed by atoms with Crippen LogP contribution >= 0.6 is 0 Å². The van der Waals surface area contributed by atoms with E-state index in [1.54, 1.807) is 6.92 Å². The molecule has 1 rings (SSSR count). The topological polar surface area (TPSA) is 130 Å². The number of nitrogen functional groups attached to an aromatic ring is 1. The van der Waals surface area contributed by atoms with Gasteiger partial charge in [-0.15, -0.1) is 0 Å². The van der Waals surface area contributed by atoms with Gasteiger partial charge in [0.05, 0.1) is 15.9 Å². The fourth-order valence-corrected chi connectivity index (χ4v) is 3.12. The molecule has 20 heavy (non-hydrogen) atoms. The third kappa shape index (κ3) is 3.23. The summed E-state index contributed by atoms with van der Waals surface area (Å²) in [5.74, 6) is 0. The quantitative estimate of drug-likeness (QED) is 0.475. The molecular formula is C11H14N4O4S. The highest BCUT2D eigenvalue weighted by Crippen LogP contribution is 2.26. The van der Waals surface area contributed by atoms with Crippen LogP contribution < -0.4 is 5.73 Å². The Balaban J connectivity index is 3.19. The van der Waals surface area contributed by atoms with E-state index in [1.165, 1.54) is 0 Å². The third-order valence-corrected chi connectivity index (χ3v) is 4.63. The Morgan fingerprint density at radius 2 is 2.15 bits per heavy atom. The molecule has 0 unspecified atom stereocenters. The number of nitrogens with zero attached hydrogens (tertiary/aromatic N) is 3. The Kier molecular flexibility index (Phi) is 5.01. The minimum Gasteiger partial charge on any atom is -0.393 e.